The molecule has 0 aliphatic heterocycles. The van der Waals surface area contributed by atoms with Gasteiger partial charge < -0.3 is 0 Å². The summed E-state index contributed by atoms with van der Waals surface area (Å²) >= 11 is 9.05. The quantitative estimate of drug-likeness (QED) is 0.558. The lowest BCUT2D eigenvalue weighted by atomic mass is 10.0. The number of carbonyl (C=O) groups is 1. The highest BCUT2D eigenvalue weighted by Gasteiger charge is 2.18. The van der Waals surface area contributed by atoms with Gasteiger partial charge >= 0.3 is 0 Å². The van der Waals surface area contributed by atoms with Crippen LogP contribution in [0, 0.1) is 18.6 Å². The lowest BCUT2D eigenvalue weighted by Crippen LogP contribution is -2.05. The molecule has 0 aromatic heterocycles. The van der Waals surface area contributed by atoms with Crippen LogP contribution >= 0.6 is 27.5 Å². The summed E-state index contributed by atoms with van der Waals surface area (Å²) in [4.78, 5) is 12.3. The molecule has 2 rings (SSSR count). The topological polar surface area (TPSA) is 17.1 Å². The monoisotopic (exact) mass is 344 g/mol. The molecule has 0 bridgehead atoms. The van der Waals surface area contributed by atoms with Crippen molar-refractivity contribution < 1.29 is 13.6 Å². The molecule has 0 unspecified atom stereocenters. The summed E-state index contributed by atoms with van der Waals surface area (Å²) in [7, 11) is 0. The highest BCUT2D eigenvalue weighted by molar-refractivity contribution is 9.10. The Bertz CT molecular complexity index is 671. The average molecular weight is 346 g/mol. The Labute approximate surface area is 122 Å². The summed E-state index contributed by atoms with van der Waals surface area (Å²) < 4.78 is 26.8. The van der Waals surface area contributed by atoms with Crippen LogP contribution < -0.4 is 0 Å². The van der Waals surface area contributed by atoms with Gasteiger partial charge in [-0.3, -0.25) is 4.79 Å². The maximum absolute atomic E-state index is 13.2. The third-order valence-corrected chi connectivity index (χ3v) is 3.63. The van der Waals surface area contributed by atoms with Gasteiger partial charge in [0, 0.05) is 15.6 Å². The van der Waals surface area contributed by atoms with E-state index in [0.29, 0.717) is 10.0 Å². The van der Waals surface area contributed by atoms with Crippen molar-refractivity contribution >= 4 is 33.3 Å². The fourth-order valence-corrected chi connectivity index (χ4v) is 2.32. The minimum Gasteiger partial charge on any atom is -0.289 e. The van der Waals surface area contributed by atoms with Crippen LogP contribution in [0.15, 0.2) is 34.8 Å². The van der Waals surface area contributed by atoms with E-state index >= 15 is 0 Å². The van der Waals surface area contributed by atoms with Crippen molar-refractivity contribution in [2.24, 2.45) is 0 Å². The van der Waals surface area contributed by atoms with Gasteiger partial charge in [0.1, 0.15) is 0 Å². The third-order valence-electron chi connectivity index (χ3n) is 2.62. The Morgan fingerprint density at radius 3 is 2.42 bits per heavy atom. The van der Waals surface area contributed by atoms with Gasteiger partial charge in [-0.25, -0.2) is 8.78 Å². The fourth-order valence-electron chi connectivity index (χ4n) is 1.65. The molecule has 0 heterocycles. The molecule has 0 saturated heterocycles. The molecular weight excluding hydrogens is 338 g/mol. The average Bonchev–Trinajstić information content (AvgIpc) is 2.36. The summed E-state index contributed by atoms with van der Waals surface area (Å²) in [5.41, 5.74) is 1.17. The first-order valence-electron chi connectivity index (χ1n) is 5.35. The minimum absolute atomic E-state index is 0.0631. The summed E-state index contributed by atoms with van der Waals surface area (Å²) in [5.74, 6) is -2.64. The number of hydrogen-bond donors (Lipinski definition) is 0. The van der Waals surface area contributed by atoms with Crippen molar-refractivity contribution in [1.82, 2.24) is 0 Å². The van der Waals surface area contributed by atoms with Crippen LogP contribution in [0.3, 0.4) is 0 Å². The molecular formula is C14H8BrClF2O. The predicted molar refractivity (Wildman–Crippen MR) is 73.7 cm³/mol. The highest BCUT2D eigenvalue weighted by atomic mass is 79.9. The first-order chi connectivity index (χ1) is 8.90. The van der Waals surface area contributed by atoms with Crippen molar-refractivity contribution in [2.45, 2.75) is 6.92 Å². The molecule has 0 aliphatic rings. The van der Waals surface area contributed by atoms with Gasteiger partial charge in [0.25, 0.3) is 0 Å². The highest BCUT2D eigenvalue weighted by Crippen LogP contribution is 2.26. The van der Waals surface area contributed by atoms with E-state index in [1.165, 1.54) is 0 Å². The van der Waals surface area contributed by atoms with Crippen LogP contribution in [0.1, 0.15) is 21.5 Å². The van der Waals surface area contributed by atoms with Gasteiger partial charge in [-0.2, -0.15) is 0 Å². The molecule has 0 aliphatic carbocycles. The molecule has 0 atom stereocenters. The largest absolute Gasteiger partial charge is 0.289 e. The van der Waals surface area contributed by atoms with Crippen LogP contribution in [-0.4, -0.2) is 5.78 Å². The zero-order valence-electron chi connectivity index (χ0n) is 9.81. The van der Waals surface area contributed by atoms with Crippen LogP contribution in [0.2, 0.25) is 5.02 Å². The van der Waals surface area contributed by atoms with Crippen molar-refractivity contribution in [2.75, 3.05) is 0 Å². The van der Waals surface area contributed by atoms with Gasteiger partial charge in [0.2, 0.25) is 0 Å². The van der Waals surface area contributed by atoms with Crippen LogP contribution in [0.25, 0.3) is 0 Å². The molecule has 1 nitrogen and oxygen atoms in total. The van der Waals surface area contributed by atoms with Gasteiger partial charge in [-0.05, 0) is 31.2 Å². The second kappa shape index (κ2) is 5.39. The second-order valence-electron chi connectivity index (χ2n) is 4.06. The molecule has 2 aromatic carbocycles. The number of halogens is 4. The van der Waals surface area contributed by atoms with Crippen LogP contribution in [0.5, 0.6) is 0 Å². The summed E-state index contributed by atoms with van der Waals surface area (Å²) in [6.45, 7) is 1.83. The van der Waals surface area contributed by atoms with Gasteiger partial charge in [0.15, 0.2) is 17.4 Å². The van der Waals surface area contributed by atoms with Crippen molar-refractivity contribution in [3.05, 3.63) is 68.2 Å². The first kappa shape index (κ1) is 14.2. The molecule has 0 amide bonds. The third kappa shape index (κ3) is 2.85. The van der Waals surface area contributed by atoms with Gasteiger partial charge in [-0.1, -0.05) is 39.2 Å². The summed E-state index contributed by atoms with van der Waals surface area (Å²) in [6.07, 6.45) is 0. The number of carbonyl (C=O) groups excluding carboxylic acids is 1. The molecule has 0 spiro atoms. The zero-order chi connectivity index (χ0) is 14.2. The standard InChI is InChI=1S/C14H8BrClF2O/c1-7-2-3-10(15)8(4-7)14(19)9-5-12(17)13(18)6-11(9)16/h2-6H,1H3. The van der Waals surface area contributed by atoms with Crippen molar-refractivity contribution in [1.29, 1.82) is 0 Å². The number of aryl methyl sites for hydroxylation is 1. The number of hydrogen-bond acceptors (Lipinski definition) is 1. The molecule has 98 valence electrons. The SMILES string of the molecule is Cc1ccc(Br)c(C(=O)c2cc(F)c(F)cc2Cl)c1. The second-order valence-corrected chi connectivity index (χ2v) is 5.32. The molecule has 0 N–H and O–H groups in total. The number of rotatable bonds is 2. The van der Waals surface area contributed by atoms with Gasteiger partial charge in [-0.15, -0.1) is 0 Å². The Kier molecular flexibility index (Phi) is 4.02. The Morgan fingerprint density at radius 1 is 1.11 bits per heavy atom. The summed E-state index contributed by atoms with van der Waals surface area (Å²) in [6, 6.07) is 6.82. The van der Waals surface area contributed by atoms with Crippen molar-refractivity contribution in [3.8, 4) is 0 Å². The molecule has 2 aromatic rings. The Hall–Kier alpha value is -1.26. The van der Waals surface area contributed by atoms with Crippen LogP contribution in [0.4, 0.5) is 8.78 Å². The van der Waals surface area contributed by atoms with E-state index in [1.807, 2.05) is 13.0 Å². The zero-order valence-corrected chi connectivity index (χ0v) is 12.1. The van der Waals surface area contributed by atoms with E-state index in [2.05, 4.69) is 15.9 Å². The van der Waals surface area contributed by atoms with Crippen molar-refractivity contribution in [3.63, 3.8) is 0 Å². The Morgan fingerprint density at radius 2 is 1.74 bits per heavy atom. The molecule has 0 fully saturated rings. The smallest absolute Gasteiger partial charge is 0.195 e. The van der Waals surface area contributed by atoms with E-state index < -0.39 is 17.4 Å². The van der Waals surface area contributed by atoms with E-state index in [9.17, 15) is 13.6 Å². The number of benzene rings is 2. The first-order valence-corrected chi connectivity index (χ1v) is 6.52. The van der Waals surface area contributed by atoms with E-state index in [0.717, 1.165) is 17.7 Å². The van der Waals surface area contributed by atoms with Gasteiger partial charge in [0.05, 0.1) is 5.02 Å². The molecule has 0 saturated carbocycles. The maximum atomic E-state index is 13.2. The van der Waals surface area contributed by atoms with E-state index in [4.69, 9.17) is 11.6 Å². The predicted octanol–water partition coefficient (Wildman–Crippen LogP) is 4.92. The van der Waals surface area contributed by atoms with Crippen LogP contribution in [-0.2, 0) is 0 Å². The molecule has 0 radical (unpaired) electrons. The lowest BCUT2D eigenvalue weighted by molar-refractivity contribution is 0.103. The molecule has 5 heteroatoms. The normalized spacial score (nSPS) is 10.6. The summed E-state index contributed by atoms with van der Waals surface area (Å²) in [5, 5.41) is -0.114. The van der Waals surface area contributed by atoms with E-state index in [-0.39, 0.29) is 10.6 Å². The van der Waals surface area contributed by atoms with E-state index in [1.54, 1.807) is 12.1 Å². The minimum atomic E-state index is -1.10. The molecule has 19 heavy (non-hydrogen) atoms. The number of ketones is 1. The Balaban J connectivity index is 2.56. The maximum Gasteiger partial charge on any atom is 0.195 e. The lowest BCUT2D eigenvalue weighted by Gasteiger charge is -2.07. The fraction of sp³-hybridized carbons (Fsp3) is 0.0714.